The lowest BCUT2D eigenvalue weighted by Gasteiger charge is -2.07. The van der Waals surface area contributed by atoms with Crippen molar-refractivity contribution < 1.29 is 14.0 Å². The van der Waals surface area contributed by atoms with Crippen LogP contribution in [0.2, 0.25) is 0 Å². The molecule has 5 nitrogen and oxygen atoms in total. The number of halogens is 1. The number of rotatable bonds is 5. The molecule has 1 aromatic carbocycles. The van der Waals surface area contributed by atoms with Gasteiger partial charge < -0.3 is 19.7 Å². The second-order valence-electron chi connectivity index (χ2n) is 4.03. The van der Waals surface area contributed by atoms with Gasteiger partial charge in [-0.3, -0.25) is 0 Å². The largest absolute Gasteiger partial charge is 0.497 e. The standard InChI is InChI=1S/C13H15BrN2O3/c1-17-9-5-8(6-10(7-9)18-2)3-4-11-12(14)13(15)16-19-11/h5-7H,3-4H2,1-2H3,(H2,15,16). The Morgan fingerprint density at radius 3 is 2.26 bits per heavy atom. The molecule has 0 bridgehead atoms. The highest BCUT2D eigenvalue weighted by Crippen LogP contribution is 2.26. The highest BCUT2D eigenvalue weighted by atomic mass is 79.9. The fourth-order valence-corrected chi connectivity index (χ4v) is 2.09. The molecule has 102 valence electrons. The molecule has 2 rings (SSSR count). The number of benzene rings is 1. The van der Waals surface area contributed by atoms with Crippen LogP contribution in [0.1, 0.15) is 11.3 Å². The maximum absolute atomic E-state index is 5.61. The van der Waals surface area contributed by atoms with Crippen LogP contribution in [-0.2, 0) is 12.8 Å². The zero-order chi connectivity index (χ0) is 13.8. The number of nitrogens with zero attached hydrogens (tertiary/aromatic N) is 1. The van der Waals surface area contributed by atoms with E-state index < -0.39 is 0 Å². The van der Waals surface area contributed by atoms with Crippen molar-refractivity contribution >= 4 is 21.7 Å². The van der Waals surface area contributed by atoms with Crippen LogP contribution in [0, 0.1) is 0 Å². The summed E-state index contributed by atoms with van der Waals surface area (Å²) in [5.74, 6) is 2.65. The zero-order valence-electron chi connectivity index (χ0n) is 10.8. The van der Waals surface area contributed by atoms with Crippen molar-refractivity contribution in [1.29, 1.82) is 0 Å². The highest BCUT2D eigenvalue weighted by molar-refractivity contribution is 9.10. The van der Waals surface area contributed by atoms with E-state index in [-0.39, 0.29) is 0 Å². The molecule has 0 saturated carbocycles. The van der Waals surface area contributed by atoms with Crippen LogP contribution in [0.4, 0.5) is 5.82 Å². The molecule has 1 heterocycles. The molecule has 0 spiro atoms. The normalized spacial score (nSPS) is 10.5. The number of nitrogens with two attached hydrogens (primary N) is 1. The van der Waals surface area contributed by atoms with Crippen LogP contribution in [0.3, 0.4) is 0 Å². The number of anilines is 1. The third kappa shape index (κ3) is 3.20. The van der Waals surface area contributed by atoms with E-state index in [1.807, 2.05) is 18.2 Å². The van der Waals surface area contributed by atoms with Gasteiger partial charge >= 0.3 is 0 Å². The molecule has 0 saturated heterocycles. The van der Waals surface area contributed by atoms with Crippen LogP contribution in [0.5, 0.6) is 11.5 Å². The number of ether oxygens (including phenoxy) is 2. The average molecular weight is 327 g/mol. The zero-order valence-corrected chi connectivity index (χ0v) is 12.4. The first-order valence-electron chi connectivity index (χ1n) is 5.75. The van der Waals surface area contributed by atoms with E-state index in [4.69, 9.17) is 19.7 Å². The van der Waals surface area contributed by atoms with Gasteiger partial charge in [-0.15, -0.1) is 0 Å². The molecule has 2 N–H and O–H groups in total. The van der Waals surface area contributed by atoms with Crippen molar-refractivity contribution in [2.75, 3.05) is 20.0 Å². The van der Waals surface area contributed by atoms with Crippen molar-refractivity contribution in [3.05, 3.63) is 34.0 Å². The smallest absolute Gasteiger partial charge is 0.181 e. The van der Waals surface area contributed by atoms with E-state index in [2.05, 4.69) is 21.1 Å². The van der Waals surface area contributed by atoms with E-state index >= 15 is 0 Å². The Kier molecular flexibility index (Phi) is 4.31. The van der Waals surface area contributed by atoms with E-state index in [0.717, 1.165) is 33.7 Å². The predicted molar refractivity (Wildman–Crippen MR) is 75.6 cm³/mol. The quantitative estimate of drug-likeness (QED) is 0.914. The van der Waals surface area contributed by atoms with Gasteiger partial charge in [-0.1, -0.05) is 5.16 Å². The molecule has 2 aromatic rings. The Hall–Kier alpha value is -1.69. The van der Waals surface area contributed by atoms with Crippen LogP contribution >= 0.6 is 15.9 Å². The molecule has 6 heteroatoms. The highest BCUT2D eigenvalue weighted by Gasteiger charge is 2.11. The molecule has 19 heavy (non-hydrogen) atoms. The molecule has 0 aliphatic heterocycles. The first-order chi connectivity index (χ1) is 9.13. The third-order valence-corrected chi connectivity index (χ3v) is 3.62. The Bertz CT molecular complexity index is 547. The minimum Gasteiger partial charge on any atom is -0.497 e. The van der Waals surface area contributed by atoms with Crippen molar-refractivity contribution in [2.45, 2.75) is 12.8 Å². The fraction of sp³-hybridized carbons (Fsp3) is 0.308. The molecule has 1 aromatic heterocycles. The number of aryl methyl sites for hydroxylation is 2. The number of methoxy groups -OCH3 is 2. The summed E-state index contributed by atoms with van der Waals surface area (Å²) in [6, 6.07) is 5.78. The Labute approximate surface area is 119 Å². The molecule has 0 amide bonds. The van der Waals surface area contributed by atoms with Crippen LogP contribution in [0.25, 0.3) is 0 Å². The van der Waals surface area contributed by atoms with E-state index in [1.54, 1.807) is 14.2 Å². The number of aromatic nitrogens is 1. The first kappa shape index (κ1) is 13.7. The van der Waals surface area contributed by atoms with Gasteiger partial charge in [0.15, 0.2) is 11.6 Å². The molecule has 0 fully saturated rings. The van der Waals surface area contributed by atoms with Gasteiger partial charge in [0.1, 0.15) is 16.0 Å². The van der Waals surface area contributed by atoms with Crippen molar-refractivity contribution in [1.82, 2.24) is 5.16 Å². The summed E-state index contributed by atoms with van der Waals surface area (Å²) in [6.45, 7) is 0. The van der Waals surface area contributed by atoms with Gasteiger partial charge in [0, 0.05) is 12.5 Å². The summed E-state index contributed by atoms with van der Waals surface area (Å²) in [7, 11) is 3.26. The maximum Gasteiger partial charge on any atom is 0.181 e. The second-order valence-corrected chi connectivity index (χ2v) is 4.82. The Balaban J connectivity index is 2.12. The first-order valence-corrected chi connectivity index (χ1v) is 6.54. The van der Waals surface area contributed by atoms with Gasteiger partial charge in [-0.05, 0) is 40.0 Å². The average Bonchev–Trinajstić information content (AvgIpc) is 2.76. The Morgan fingerprint density at radius 2 is 1.79 bits per heavy atom. The number of nitrogen functional groups attached to an aromatic ring is 1. The fourth-order valence-electron chi connectivity index (χ4n) is 1.75. The van der Waals surface area contributed by atoms with Crippen molar-refractivity contribution in [3.63, 3.8) is 0 Å². The molecule has 0 atom stereocenters. The topological polar surface area (TPSA) is 70.5 Å². The van der Waals surface area contributed by atoms with Crippen molar-refractivity contribution in [2.24, 2.45) is 0 Å². The second kappa shape index (κ2) is 5.97. The van der Waals surface area contributed by atoms with Gasteiger partial charge in [0.2, 0.25) is 0 Å². The third-order valence-electron chi connectivity index (χ3n) is 2.78. The molecule has 0 aliphatic carbocycles. The summed E-state index contributed by atoms with van der Waals surface area (Å²) in [4.78, 5) is 0. The van der Waals surface area contributed by atoms with Gasteiger partial charge in [0.05, 0.1) is 14.2 Å². The summed E-state index contributed by atoms with van der Waals surface area (Å²) in [5.41, 5.74) is 6.70. The molecular formula is C13H15BrN2O3. The van der Waals surface area contributed by atoms with Gasteiger partial charge in [-0.2, -0.15) is 0 Å². The van der Waals surface area contributed by atoms with Crippen LogP contribution < -0.4 is 15.2 Å². The van der Waals surface area contributed by atoms with E-state index in [0.29, 0.717) is 12.2 Å². The molecule has 0 unspecified atom stereocenters. The summed E-state index contributed by atoms with van der Waals surface area (Å²) >= 11 is 3.35. The maximum atomic E-state index is 5.61. The summed E-state index contributed by atoms with van der Waals surface area (Å²) in [6.07, 6.45) is 1.47. The lowest BCUT2D eigenvalue weighted by Crippen LogP contribution is -1.94. The van der Waals surface area contributed by atoms with Crippen LogP contribution in [-0.4, -0.2) is 19.4 Å². The SMILES string of the molecule is COc1cc(CCc2onc(N)c2Br)cc(OC)c1. The molecule has 0 radical (unpaired) electrons. The predicted octanol–water partition coefficient (Wildman–Crippen LogP) is 2.82. The Morgan fingerprint density at radius 1 is 1.16 bits per heavy atom. The number of hydrogen-bond acceptors (Lipinski definition) is 5. The lowest BCUT2D eigenvalue weighted by atomic mass is 10.1. The van der Waals surface area contributed by atoms with E-state index in [9.17, 15) is 0 Å². The summed E-state index contributed by atoms with van der Waals surface area (Å²) in [5, 5.41) is 3.70. The van der Waals surface area contributed by atoms with E-state index in [1.165, 1.54) is 0 Å². The van der Waals surface area contributed by atoms with Gasteiger partial charge in [-0.25, -0.2) is 0 Å². The minimum absolute atomic E-state index is 0.373. The molecular weight excluding hydrogens is 312 g/mol. The summed E-state index contributed by atoms with van der Waals surface area (Å²) < 4.78 is 16.3. The molecule has 0 aliphatic rings. The number of hydrogen-bond donors (Lipinski definition) is 1. The minimum atomic E-state index is 0.373. The van der Waals surface area contributed by atoms with Gasteiger partial charge in [0.25, 0.3) is 0 Å². The monoisotopic (exact) mass is 326 g/mol. The lowest BCUT2D eigenvalue weighted by molar-refractivity contribution is 0.383. The van der Waals surface area contributed by atoms with Crippen molar-refractivity contribution in [3.8, 4) is 11.5 Å². The van der Waals surface area contributed by atoms with Crippen LogP contribution in [0.15, 0.2) is 27.2 Å².